The molecule has 1 heterocycles. The Balaban J connectivity index is 1.86. The summed E-state index contributed by atoms with van der Waals surface area (Å²) in [5, 5.41) is 6.64. The van der Waals surface area contributed by atoms with Crippen LogP contribution in [0, 0.1) is 13.8 Å². The van der Waals surface area contributed by atoms with E-state index in [1.807, 2.05) is 39.0 Å². The van der Waals surface area contributed by atoms with Gasteiger partial charge in [0.1, 0.15) is 0 Å². The van der Waals surface area contributed by atoms with Crippen LogP contribution in [0.5, 0.6) is 0 Å². The number of carbonyl (C=O) groups is 3. The fraction of sp³-hybridized carbons (Fsp3) is 0.389. The Hall–Kier alpha value is -2.81. The van der Waals surface area contributed by atoms with Gasteiger partial charge in [0.25, 0.3) is 5.91 Å². The van der Waals surface area contributed by atoms with Crippen molar-refractivity contribution in [2.45, 2.75) is 27.2 Å². The minimum Gasteiger partial charge on any atom is -0.451 e. The molecular weight excluding hydrogens is 368 g/mol. The maximum absolute atomic E-state index is 12.2. The third kappa shape index (κ3) is 5.33. The van der Waals surface area contributed by atoms with Gasteiger partial charge in [-0.2, -0.15) is 0 Å². The van der Waals surface area contributed by atoms with Gasteiger partial charge in [-0.15, -0.1) is 5.10 Å². The highest BCUT2D eigenvalue weighted by atomic mass is 32.1. The number of amides is 2. The zero-order chi connectivity index (χ0) is 20.0. The van der Waals surface area contributed by atoms with E-state index in [1.54, 1.807) is 0 Å². The number of likely N-dealkylation sites (N-methyl/N-ethyl adjacent to an activating group) is 1. The first kappa shape index (κ1) is 20.5. The summed E-state index contributed by atoms with van der Waals surface area (Å²) in [5.41, 5.74) is 3.16. The molecule has 27 heavy (non-hydrogen) atoms. The van der Waals surface area contributed by atoms with Gasteiger partial charge < -0.3 is 15.0 Å². The average molecular weight is 390 g/mol. The van der Waals surface area contributed by atoms with Gasteiger partial charge in [-0.05, 0) is 42.9 Å². The second kappa shape index (κ2) is 9.22. The maximum Gasteiger partial charge on any atom is 0.352 e. The van der Waals surface area contributed by atoms with Crippen LogP contribution in [0.1, 0.15) is 33.4 Å². The first-order valence-corrected chi connectivity index (χ1v) is 9.19. The van der Waals surface area contributed by atoms with Gasteiger partial charge in [0.15, 0.2) is 11.5 Å². The molecule has 2 aromatic rings. The summed E-state index contributed by atoms with van der Waals surface area (Å²) in [6, 6.07) is 5.71. The number of ether oxygens (including phenoxy) is 1. The molecule has 0 atom stereocenters. The number of benzene rings is 1. The highest BCUT2D eigenvalue weighted by Crippen LogP contribution is 2.19. The fourth-order valence-corrected chi connectivity index (χ4v) is 3.04. The van der Waals surface area contributed by atoms with Crippen LogP contribution in [0.25, 0.3) is 0 Å². The molecule has 0 saturated carbocycles. The Morgan fingerprint density at radius 1 is 1.22 bits per heavy atom. The minimum atomic E-state index is -0.636. The lowest BCUT2D eigenvalue weighted by atomic mass is 10.1. The van der Waals surface area contributed by atoms with Gasteiger partial charge in [0, 0.05) is 12.7 Å². The monoisotopic (exact) mass is 390 g/mol. The Bertz CT molecular complexity index is 829. The summed E-state index contributed by atoms with van der Waals surface area (Å²) in [4.78, 5) is 37.9. The van der Waals surface area contributed by atoms with Gasteiger partial charge in [0.05, 0.1) is 12.2 Å². The Kier molecular flexibility index (Phi) is 7.00. The number of nitrogens with zero attached hydrogens (tertiary/aromatic N) is 3. The molecule has 0 bridgehead atoms. The molecule has 0 aliphatic heterocycles. The Labute approximate surface area is 161 Å². The van der Waals surface area contributed by atoms with E-state index in [-0.39, 0.29) is 12.5 Å². The van der Waals surface area contributed by atoms with E-state index in [0.717, 1.165) is 28.3 Å². The van der Waals surface area contributed by atoms with Crippen molar-refractivity contribution in [3.8, 4) is 0 Å². The number of rotatable bonds is 7. The van der Waals surface area contributed by atoms with Gasteiger partial charge in [0.2, 0.25) is 5.91 Å². The summed E-state index contributed by atoms with van der Waals surface area (Å²) in [6.07, 6.45) is 0.549. The molecule has 0 fully saturated rings. The number of hydrogen-bond acceptors (Lipinski definition) is 7. The molecule has 144 valence electrons. The lowest BCUT2D eigenvalue weighted by Crippen LogP contribution is -2.37. The molecule has 8 nitrogen and oxygen atoms in total. The van der Waals surface area contributed by atoms with Gasteiger partial charge in [-0.1, -0.05) is 29.6 Å². The standard InChI is InChI=1S/C18H22N4O4S/c1-5-13-17(27-21-20-13)18(25)26-10-15(24)22(4)9-14(23)19-16-11(2)7-6-8-12(16)3/h6-8H,5,9-10H2,1-4H3,(H,19,23). The molecule has 9 heteroatoms. The van der Waals surface area contributed by atoms with Crippen molar-refractivity contribution in [3.63, 3.8) is 0 Å². The van der Waals surface area contributed by atoms with Crippen LogP contribution in [-0.4, -0.2) is 52.5 Å². The Morgan fingerprint density at radius 2 is 1.89 bits per heavy atom. The summed E-state index contributed by atoms with van der Waals surface area (Å²) in [7, 11) is 1.48. The Morgan fingerprint density at radius 3 is 2.52 bits per heavy atom. The normalized spacial score (nSPS) is 10.4. The molecule has 1 aromatic heterocycles. The van der Waals surface area contributed by atoms with Crippen molar-refractivity contribution in [1.82, 2.24) is 14.5 Å². The highest BCUT2D eigenvalue weighted by Gasteiger charge is 2.20. The number of esters is 1. The fourth-order valence-electron chi connectivity index (χ4n) is 2.39. The second-order valence-corrected chi connectivity index (χ2v) is 6.80. The predicted molar refractivity (Wildman–Crippen MR) is 102 cm³/mol. The van der Waals surface area contributed by atoms with Crippen molar-refractivity contribution in [3.05, 3.63) is 39.9 Å². The predicted octanol–water partition coefficient (Wildman–Crippen LogP) is 1.97. The molecule has 0 radical (unpaired) electrons. The van der Waals surface area contributed by atoms with Crippen LogP contribution < -0.4 is 5.32 Å². The number of aromatic nitrogens is 2. The average Bonchev–Trinajstić information content (AvgIpc) is 3.11. The van der Waals surface area contributed by atoms with E-state index in [1.165, 1.54) is 11.9 Å². The van der Waals surface area contributed by atoms with Gasteiger partial charge in [-0.25, -0.2) is 4.79 Å². The zero-order valence-corrected chi connectivity index (χ0v) is 16.6. The smallest absolute Gasteiger partial charge is 0.352 e. The lowest BCUT2D eigenvalue weighted by Gasteiger charge is -2.18. The highest BCUT2D eigenvalue weighted by molar-refractivity contribution is 7.07. The summed E-state index contributed by atoms with van der Waals surface area (Å²) >= 11 is 0.932. The number of nitrogens with one attached hydrogen (secondary N) is 1. The van der Waals surface area contributed by atoms with Crippen molar-refractivity contribution in [2.24, 2.45) is 0 Å². The second-order valence-electron chi connectivity index (χ2n) is 6.04. The van der Waals surface area contributed by atoms with E-state index in [4.69, 9.17) is 4.74 Å². The topological polar surface area (TPSA) is 101 Å². The lowest BCUT2D eigenvalue weighted by molar-refractivity contribution is -0.136. The summed E-state index contributed by atoms with van der Waals surface area (Å²) in [6.45, 7) is 5.05. The molecule has 0 aliphatic rings. The van der Waals surface area contributed by atoms with Crippen molar-refractivity contribution >= 4 is 35.0 Å². The van der Waals surface area contributed by atoms with Crippen molar-refractivity contribution in [2.75, 3.05) is 25.5 Å². The van der Waals surface area contributed by atoms with E-state index in [2.05, 4.69) is 14.9 Å². The molecular formula is C18H22N4O4S. The van der Waals surface area contributed by atoms with Crippen LogP contribution in [-0.2, 0) is 20.7 Å². The molecule has 1 N–H and O–H groups in total. The molecule has 1 aromatic carbocycles. The number of para-hydroxylation sites is 1. The van der Waals surface area contributed by atoms with Crippen LogP contribution in [0.15, 0.2) is 18.2 Å². The summed E-state index contributed by atoms with van der Waals surface area (Å²) in [5.74, 6) is -1.44. The number of aryl methyl sites for hydroxylation is 3. The van der Waals surface area contributed by atoms with Crippen LogP contribution in [0.4, 0.5) is 5.69 Å². The van der Waals surface area contributed by atoms with Gasteiger partial charge in [-0.3, -0.25) is 9.59 Å². The first-order chi connectivity index (χ1) is 12.8. The number of carbonyl (C=O) groups excluding carboxylic acids is 3. The molecule has 0 unspecified atom stereocenters. The van der Waals surface area contributed by atoms with Gasteiger partial charge >= 0.3 is 5.97 Å². The molecule has 0 spiro atoms. The number of anilines is 1. The van der Waals surface area contributed by atoms with Crippen molar-refractivity contribution in [1.29, 1.82) is 0 Å². The SMILES string of the molecule is CCc1nnsc1C(=O)OCC(=O)N(C)CC(=O)Nc1c(C)cccc1C. The minimum absolute atomic E-state index is 0.146. The molecule has 0 aliphatic carbocycles. The van der Waals surface area contributed by atoms with E-state index >= 15 is 0 Å². The summed E-state index contributed by atoms with van der Waals surface area (Å²) < 4.78 is 8.73. The van der Waals surface area contributed by atoms with Crippen LogP contribution in [0.3, 0.4) is 0 Å². The van der Waals surface area contributed by atoms with E-state index in [0.29, 0.717) is 17.0 Å². The maximum atomic E-state index is 12.2. The molecule has 2 rings (SSSR count). The zero-order valence-electron chi connectivity index (χ0n) is 15.7. The molecule has 2 amide bonds. The third-order valence-corrected chi connectivity index (χ3v) is 4.70. The largest absolute Gasteiger partial charge is 0.451 e. The van der Waals surface area contributed by atoms with Crippen LogP contribution >= 0.6 is 11.5 Å². The van der Waals surface area contributed by atoms with Crippen molar-refractivity contribution < 1.29 is 19.1 Å². The van der Waals surface area contributed by atoms with Crippen LogP contribution in [0.2, 0.25) is 0 Å². The number of hydrogen-bond donors (Lipinski definition) is 1. The third-order valence-electron chi connectivity index (χ3n) is 3.95. The quantitative estimate of drug-likeness (QED) is 0.726. The molecule has 0 saturated heterocycles. The first-order valence-electron chi connectivity index (χ1n) is 8.41. The van der Waals surface area contributed by atoms with E-state index < -0.39 is 18.5 Å². The van der Waals surface area contributed by atoms with E-state index in [9.17, 15) is 14.4 Å².